The maximum atomic E-state index is 13.7. The van der Waals surface area contributed by atoms with E-state index in [9.17, 15) is 12.8 Å². The van der Waals surface area contributed by atoms with Crippen LogP contribution in [0.15, 0.2) is 17.0 Å². The van der Waals surface area contributed by atoms with Gasteiger partial charge in [0.25, 0.3) is 0 Å². The number of aliphatic hydroxyl groups excluding tert-OH is 1. The van der Waals surface area contributed by atoms with Crippen molar-refractivity contribution in [1.29, 1.82) is 0 Å². The maximum Gasteiger partial charge on any atom is 0.243 e. The van der Waals surface area contributed by atoms with Crippen molar-refractivity contribution in [3.8, 4) is 0 Å². The highest BCUT2D eigenvalue weighted by atomic mass is 35.5. The first-order chi connectivity index (χ1) is 9.86. The molecule has 0 atom stereocenters. The molecule has 2 rings (SSSR count). The van der Waals surface area contributed by atoms with Gasteiger partial charge in [0, 0.05) is 25.2 Å². The highest BCUT2D eigenvalue weighted by Gasteiger charge is 2.27. The summed E-state index contributed by atoms with van der Waals surface area (Å²) in [5, 5.41) is 8.91. The van der Waals surface area contributed by atoms with Gasteiger partial charge in [0.1, 0.15) is 5.82 Å². The van der Waals surface area contributed by atoms with Crippen molar-refractivity contribution >= 4 is 21.6 Å². The molecule has 0 unspecified atom stereocenters. The van der Waals surface area contributed by atoms with E-state index in [1.807, 2.05) is 7.05 Å². The van der Waals surface area contributed by atoms with Crippen molar-refractivity contribution in [3.63, 3.8) is 0 Å². The molecule has 0 aromatic heterocycles. The minimum atomic E-state index is -3.78. The van der Waals surface area contributed by atoms with Crippen molar-refractivity contribution in [3.05, 3.63) is 28.5 Å². The fraction of sp³-hybridized carbons (Fsp3) is 0.538. The third kappa shape index (κ3) is 3.54. The Hall–Kier alpha value is -0.730. The molecule has 1 aromatic rings. The van der Waals surface area contributed by atoms with Gasteiger partial charge in [-0.25, -0.2) is 12.8 Å². The van der Waals surface area contributed by atoms with Crippen LogP contribution in [0.1, 0.15) is 12.0 Å². The molecule has 1 aliphatic heterocycles. The van der Waals surface area contributed by atoms with Gasteiger partial charge in [0.2, 0.25) is 10.0 Å². The lowest BCUT2D eigenvalue weighted by Crippen LogP contribution is -2.34. The molecule has 1 N–H and O–H groups in total. The Morgan fingerprint density at radius 2 is 2.00 bits per heavy atom. The third-order valence-electron chi connectivity index (χ3n) is 3.56. The predicted molar refractivity (Wildman–Crippen MR) is 78.2 cm³/mol. The zero-order valence-corrected chi connectivity index (χ0v) is 13.3. The summed E-state index contributed by atoms with van der Waals surface area (Å²) in [5.74, 6) is -0.839. The first-order valence-corrected chi connectivity index (χ1v) is 8.45. The number of halogens is 2. The van der Waals surface area contributed by atoms with E-state index >= 15 is 0 Å². The number of aliphatic hydroxyl groups is 1. The van der Waals surface area contributed by atoms with Crippen molar-refractivity contribution < 1.29 is 17.9 Å². The molecule has 118 valence electrons. The van der Waals surface area contributed by atoms with E-state index in [-0.39, 0.29) is 15.5 Å². The molecule has 0 amide bonds. The van der Waals surface area contributed by atoms with Gasteiger partial charge in [-0.15, -0.1) is 0 Å². The zero-order valence-electron chi connectivity index (χ0n) is 11.7. The fourth-order valence-corrected chi connectivity index (χ4v) is 4.00. The lowest BCUT2D eigenvalue weighted by atomic mass is 10.2. The summed E-state index contributed by atoms with van der Waals surface area (Å²) in [6, 6.07) is 2.14. The molecule has 1 aromatic carbocycles. The molecule has 8 heteroatoms. The van der Waals surface area contributed by atoms with E-state index in [4.69, 9.17) is 16.7 Å². The SMILES string of the molecule is CN1CCCN(S(=O)(=O)c2cc(F)c(Cl)c(CO)c2)CC1. The lowest BCUT2D eigenvalue weighted by molar-refractivity contribution is 0.281. The number of sulfonamides is 1. The van der Waals surface area contributed by atoms with E-state index in [1.165, 1.54) is 10.4 Å². The van der Waals surface area contributed by atoms with Crippen LogP contribution in [0.2, 0.25) is 5.02 Å². The molecule has 1 heterocycles. The van der Waals surface area contributed by atoms with Gasteiger partial charge in [-0.3, -0.25) is 0 Å². The Balaban J connectivity index is 2.37. The van der Waals surface area contributed by atoms with Crippen LogP contribution < -0.4 is 0 Å². The summed E-state index contributed by atoms with van der Waals surface area (Å²) in [4.78, 5) is 1.88. The van der Waals surface area contributed by atoms with Crippen LogP contribution in [0.5, 0.6) is 0 Å². The molecular weight excluding hydrogens is 319 g/mol. The molecule has 0 bridgehead atoms. The van der Waals surface area contributed by atoms with Gasteiger partial charge in [0.05, 0.1) is 16.5 Å². The Kier molecular flexibility index (Phi) is 5.21. The van der Waals surface area contributed by atoms with Crippen LogP contribution in [-0.4, -0.2) is 56.0 Å². The van der Waals surface area contributed by atoms with Crippen LogP contribution in [0.4, 0.5) is 4.39 Å². The number of nitrogens with zero attached hydrogens (tertiary/aromatic N) is 2. The van der Waals surface area contributed by atoms with Crippen molar-refractivity contribution in [2.45, 2.75) is 17.9 Å². The molecule has 1 fully saturated rings. The summed E-state index contributed by atoms with van der Waals surface area (Å²) < 4.78 is 40.3. The van der Waals surface area contributed by atoms with E-state index in [0.29, 0.717) is 19.6 Å². The third-order valence-corrected chi connectivity index (χ3v) is 5.86. The molecule has 5 nitrogen and oxygen atoms in total. The minimum absolute atomic E-state index is 0.0715. The molecule has 1 saturated heterocycles. The number of hydrogen-bond acceptors (Lipinski definition) is 4. The summed E-state index contributed by atoms with van der Waals surface area (Å²) in [7, 11) is -1.85. The summed E-state index contributed by atoms with van der Waals surface area (Å²) >= 11 is 5.70. The van der Waals surface area contributed by atoms with Crippen LogP contribution in [0.3, 0.4) is 0 Å². The average Bonchev–Trinajstić information content (AvgIpc) is 2.66. The van der Waals surface area contributed by atoms with Gasteiger partial charge >= 0.3 is 0 Å². The van der Waals surface area contributed by atoms with Gasteiger partial charge in [0.15, 0.2) is 0 Å². The predicted octanol–water partition coefficient (Wildman–Crippen LogP) is 1.30. The molecular formula is C13H18ClFN2O3S. The van der Waals surface area contributed by atoms with E-state index in [2.05, 4.69) is 4.90 Å². The van der Waals surface area contributed by atoms with Crippen molar-refractivity contribution in [2.24, 2.45) is 0 Å². The topological polar surface area (TPSA) is 60.9 Å². The van der Waals surface area contributed by atoms with Gasteiger partial charge in [-0.2, -0.15) is 4.31 Å². The number of likely N-dealkylation sites (N-methyl/N-ethyl adjacent to an activating group) is 1. The lowest BCUT2D eigenvalue weighted by Gasteiger charge is -2.20. The second kappa shape index (κ2) is 6.58. The standard InChI is InChI=1S/C13H18ClFN2O3S/c1-16-3-2-4-17(6-5-16)21(19,20)11-7-10(9-18)13(14)12(15)8-11/h7-8,18H,2-6,9H2,1H3. The quantitative estimate of drug-likeness (QED) is 0.903. The summed E-state index contributed by atoms with van der Waals surface area (Å²) in [6.07, 6.45) is 0.721. The first kappa shape index (κ1) is 16.6. The Morgan fingerprint density at radius 1 is 1.29 bits per heavy atom. The Labute approximate surface area is 129 Å². The average molecular weight is 337 g/mol. The van der Waals surface area contributed by atoms with Gasteiger partial charge in [-0.1, -0.05) is 11.6 Å². The maximum absolute atomic E-state index is 13.7. The molecule has 0 saturated carbocycles. The molecule has 1 aliphatic rings. The van der Waals surface area contributed by atoms with Crippen LogP contribution in [-0.2, 0) is 16.6 Å². The van der Waals surface area contributed by atoms with Crippen LogP contribution in [0.25, 0.3) is 0 Å². The second-order valence-electron chi connectivity index (χ2n) is 5.10. The number of benzene rings is 1. The summed E-state index contributed by atoms with van der Waals surface area (Å²) in [5.41, 5.74) is 0.0715. The van der Waals surface area contributed by atoms with E-state index < -0.39 is 22.4 Å². The minimum Gasteiger partial charge on any atom is -0.392 e. The van der Waals surface area contributed by atoms with Crippen LogP contribution in [0, 0.1) is 5.82 Å². The summed E-state index contributed by atoms with van der Waals surface area (Å²) in [6.45, 7) is 1.69. The van der Waals surface area contributed by atoms with Gasteiger partial charge in [-0.05, 0) is 32.1 Å². The largest absolute Gasteiger partial charge is 0.392 e. The van der Waals surface area contributed by atoms with E-state index in [0.717, 1.165) is 19.0 Å². The monoisotopic (exact) mass is 336 g/mol. The zero-order chi connectivity index (χ0) is 15.6. The number of rotatable bonds is 3. The van der Waals surface area contributed by atoms with Crippen molar-refractivity contribution in [2.75, 3.05) is 33.2 Å². The van der Waals surface area contributed by atoms with Gasteiger partial charge < -0.3 is 10.0 Å². The Morgan fingerprint density at radius 3 is 2.67 bits per heavy atom. The molecule has 21 heavy (non-hydrogen) atoms. The molecule has 0 aliphatic carbocycles. The first-order valence-electron chi connectivity index (χ1n) is 6.63. The second-order valence-corrected chi connectivity index (χ2v) is 7.41. The highest BCUT2D eigenvalue weighted by Crippen LogP contribution is 2.26. The van der Waals surface area contributed by atoms with Crippen LogP contribution >= 0.6 is 11.6 Å². The van der Waals surface area contributed by atoms with Crippen molar-refractivity contribution in [1.82, 2.24) is 9.21 Å². The highest BCUT2D eigenvalue weighted by molar-refractivity contribution is 7.89. The molecule has 0 spiro atoms. The Bertz CT molecular complexity index is 624. The smallest absolute Gasteiger partial charge is 0.243 e. The number of hydrogen-bond donors (Lipinski definition) is 1. The normalized spacial score (nSPS) is 18.7. The molecule has 0 radical (unpaired) electrons. The fourth-order valence-electron chi connectivity index (χ4n) is 2.29. The van der Waals surface area contributed by atoms with E-state index in [1.54, 1.807) is 0 Å².